The summed E-state index contributed by atoms with van der Waals surface area (Å²) in [6.07, 6.45) is 4.79. The van der Waals surface area contributed by atoms with E-state index in [0.29, 0.717) is 18.1 Å². The summed E-state index contributed by atoms with van der Waals surface area (Å²) in [6, 6.07) is 0. The molecule has 1 heterocycles. The fourth-order valence-electron chi connectivity index (χ4n) is 1.33. The van der Waals surface area contributed by atoms with Crippen LogP contribution in [0.25, 0.3) is 0 Å². The number of ether oxygens (including phenoxy) is 1. The van der Waals surface area contributed by atoms with E-state index in [-0.39, 0.29) is 12.1 Å². The Balaban J connectivity index is 2.70. The third kappa shape index (κ3) is 3.34. The Kier molecular flexibility index (Phi) is 4.49. The van der Waals surface area contributed by atoms with Crippen molar-refractivity contribution in [1.82, 2.24) is 9.97 Å². The number of methoxy groups -OCH3 is 1. The summed E-state index contributed by atoms with van der Waals surface area (Å²) in [4.78, 5) is 8.27. The second kappa shape index (κ2) is 5.65. The van der Waals surface area contributed by atoms with Gasteiger partial charge in [0.1, 0.15) is 0 Å². The molecule has 0 saturated heterocycles. The molecule has 2 N–H and O–H groups in total. The number of hydrogen-bond acceptors (Lipinski definition) is 5. The predicted molar refractivity (Wildman–Crippen MR) is 62.6 cm³/mol. The molecule has 5 heteroatoms. The molecule has 16 heavy (non-hydrogen) atoms. The van der Waals surface area contributed by atoms with Gasteiger partial charge in [-0.3, -0.25) is 0 Å². The molecule has 1 unspecified atom stereocenters. The molecule has 0 spiro atoms. The lowest BCUT2D eigenvalue weighted by Crippen LogP contribution is -2.35. The lowest BCUT2D eigenvalue weighted by atomic mass is 9.95. The normalized spacial score (nSPS) is 14.2. The monoisotopic (exact) mass is 225 g/mol. The van der Waals surface area contributed by atoms with E-state index in [1.54, 1.807) is 19.5 Å². The molecule has 1 atom stereocenters. The Morgan fingerprint density at radius 3 is 2.50 bits per heavy atom. The Morgan fingerprint density at radius 1 is 1.44 bits per heavy atom. The summed E-state index contributed by atoms with van der Waals surface area (Å²) in [5.41, 5.74) is -0.177. The molecule has 0 aliphatic heterocycles. The summed E-state index contributed by atoms with van der Waals surface area (Å²) in [6.45, 7) is 4.25. The average Bonchev–Trinajstić information content (AvgIpc) is 2.30. The first-order chi connectivity index (χ1) is 7.63. The highest BCUT2D eigenvalue weighted by molar-refractivity contribution is 5.30. The standard InChI is InChI=1S/C11H19N3O2/c1-4-11(2,5-6-15)14-10-12-7-9(16-3)8-13-10/h7-8,15H,4-6H2,1-3H3,(H,12,13,14). The summed E-state index contributed by atoms with van der Waals surface area (Å²) in [7, 11) is 1.58. The van der Waals surface area contributed by atoms with Crippen LogP contribution in [-0.4, -0.2) is 34.3 Å². The van der Waals surface area contributed by atoms with Crippen LogP contribution in [-0.2, 0) is 0 Å². The third-order valence-electron chi connectivity index (χ3n) is 2.72. The van der Waals surface area contributed by atoms with Gasteiger partial charge in [-0.2, -0.15) is 0 Å². The largest absolute Gasteiger partial charge is 0.494 e. The van der Waals surface area contributed by atoms with Crippen molar-refractivity contribution in [2.24, 2.45) is 0 Å². The number of hydrogen-bond donors (Lipinski definition) is 2. The lowest BCUT2D eigenvalue weighted by molar-refractivity contribution is 0.251. The van der Waals surface area contributed by atoms with Crippen LogP contribution in [0.5, 0.6) is 5.75 Å². The highest BCUT2D eigenvalue weighted by Crippen LogP contribution is 2.19. The van der Waals surface area contributed by atoms with Gasteiger partial charge >= 0.3 is 0 Å². The van der Waals surface area contributed by atoms with Gasteiger partial charge in [0.05, 0.1) is 19.5 Å². The zero-order valence-corrected chi connectivity index (χ0v) is 10.0. The fraction of sp³-hybridized carbons (Fsp3) is 0.636. The highest BCUT2D eigenvalue weighted by Gasteiger charge is 2.21. The first kappa shape index (κ1) is 12.7. The highest BCUT2D eigenvalue weighted by atomic mass is 16.5. The van der Waals surface area contributed by atoms with Crippen LogP contribution < -0.4 is 10.1 Å². The molecule has 1 aromatic heterocycles. The van der Waals surface area contributed by atoms with Gasteiger partial charge < -0.3 is 15.2 Å². The maximum Gasteiger partial charge on any atom is 0.223 e. The van der Waals surface area contributed by atoms with Crippen molar-refractivity contribution in [3.63, 3.8) is 0 Å². The lowest BCUT2D eigenvalue weighted by Gasteiger charge is -2.28. The van der Waals surface area contributed by atoms with E-state index in [2.05, 4.69) is 22.2 Å². The second-order valence-electron chi connectivity index (χ2n) is 3.96. The molecule has 90 valence electrons. The van der Waals surface area contributed by atoms with Gasteiger partial charge in [-0.15, -0.1) is 0 Å². The van der Waals surface area contributed by atoms with Gasteiger partial charge in [0.15, 0.2) is 5.75 Å². The Morgan fingerprint density at radius 2 is 2.06 bits per heavy atom. The van der Waals surface area contributed by atoms with Crippen LogP contribution in [0.3, 0.4) is 0 Å². The molecule has 0 fully saturated rings. The molecule has 5 nitrogen and oxygen atoms in total. The molecule has 0 aliphatic rings. The predicted octanol–water partition coefficient (Wildman–Crippen LogP) is 1.45. The third-order valence-corrected chi connectivity index (χ3v) is 2.72. The van der Waals surface area contributed by atoms with Crippen LogP contribution in [0, 0.1) is 0 Å². The maximum atomic E-state index is 8.99. The summed E-state index contributed by atoms with van der Waals surface area (Å²) in [5, 5.41) is 12.2. The Labute approximate surface area is 95.9 Å². The van der Waals surface area contributed by atoms with Gasteiger partial charge in [0.2, 0.25) is 5.95 Å². The van der Waals surface area contributed by atoms with E-state index < -0.39 is 0 Å². The summed E-state index contributed by atoms with van der Waals surface area (Å²) in [5.74, 6) is 1.18. The van der Waals surface area contributed by atoms with Gasteiger partial charge in [-0.1, -0.05) is 6.92 Å². The van der Waals surface area contributed by atoms with Crippen molar-refractivity contribution in [1.29, 1.82) is 0 Å². The van der Waals surface area contributed by atoms with Crippen molar-refractivity contribution in [2.45, 2.75) is 32.2 Å². The van der Waals surface area contributed by atoms with Crippen LogP contribution in [0.2, 0.25) is 0 Å². The minimum atomic E-state index is -0.177. The van der Waals surface area contributed by atoms with E-state index in [0.717, 1.165) is 6.42 Å². The molecular formula is C11H19N3O2. The van der Waals surface area contributed by atoms with Crippen LogP contribution in [0.4, 0.5) is 5.95 Å². The van der Waals surface area contributed by atoms with Gasteiger partial charge in [0, 0.05) is 12.1 Å². The van der Waals surface area contributed by atoms with E-state index in [1.807, 2.05) is 6.92 Å². The summed E-state index contributed by atoms with van der Waals surface area (Å²) >= 11 is 0. The first-order valence-corrected chi connectivity index (χ1v) is 5.38. The molecule has 1 rings (SSSR count). The van der Waals surface area contributed by atoms with Crippen LogP contribution >= 0.6 is 0 Å². The number of aromatic nitrogens is 2. The van der Waals surface area contributed by atoms with E-state index in [9.17, 15) is 0 Å². The molecule has 0 aromatic carbocycles. The molecule has 0 radical (unpaired) electrons. The topological polar surface area (TPSA) is 67.3 Å². The minimum absolute atomic E-state index is 0.146. The average molecular weight is 225 g/mol. The molecule has 0 bridgehead atoms. The fourth-order valence-corrected chi connectivity index (χ4v) is 1.33. The second-order valence-corrected chi connectivity index (χ2v) is 3.96. The maximum absolute atomic E-state index is 8.99. The number of nitrogens with zero attached hydrogens (tertiary/aromatic N) is 2. The molecular weight excluding hydrogens is 206 g/mol. The van der Waals surface area contributed by atoms with Crippen LogP contribution in [0.15, 0.2) is 12.4 Å². The molecule has 0 amide bonds. The number of aliphatic hydroxyl groups is 1. The SMILES string of the molecule is CCC(C)(CCO)Nc1ncc(OC)cn1. The smallest absolute Gasteiger partial charge is 0.223 e. The van der Waals surface area contributed by atoms with E-state index >= 15 is 0 Å². The number of aliphatic hydroxyl groups excluding tert-OH is 1. The molecule has 0 saturated carbocycles. The Hall–Kier alpha value is -1.36. The van der Waals surface area contributed by atoms with Crippen molar-refractivity contribution >= 4 is 5.95 Å². The zero-order chi connectivity index (χ0) is 12.0. The van der Waals surface area contributed by atoms with E-state index in [4.69, 9.17) is 9.84 Å². The number of anilines is 1. The Bertz CT molecular complexity index is 316. The zero-order valence-electron chi connectivity index (χ0n) is 10.0. The van der Waals surface area contributed by atoms with Gasteiger partial charge in [-0.25, -0.2) is 9.97 Å². The van der Waals surface area contributed by atoms with Crippen molar-refractivity contribution in [3.05, 3.63) is 12.4 Å². The van der Waals surface area contributed by atoms with Crippen LogP contribution in [0.1, 0.15) is 26.7 Å². The van der Waals surface area contributed by atoms with Crippen molar-refractivity contribution in [3.8, 4) is 5.75 Å². The van der Waals surface area contributed by atoms with Gasteiger partial charge in [0.25, 0.3) is 0 Å². The van der Waals surface area contributed by atoms with Crippen molar-refractivity contribution in [2.75, 3.05) is 19.0 Å². The number of nitrogens with one attached hydrogen (secondary N) is 1. The van der Waals surface area contributed by atoms with Gasteiger partial charge in [-0.05, 0) is 19.8 Å². The van der Waals surface area contributed by atoms with Crippen molar-refractivity contribution < 1.29 is 9.84 Å². The quantitative estimate of drug-likeness (QED) is 0.767. The summed E-state index contributed by atoms with van der Waals surface area (Å²) < 4.78 is 4.98. The molecule has 1 aromatic rings. The molecule has 0 aliphatic carbocycles. The first-order valence-electron chi connectivity index (χ1n) is 5.38. The minimum Gasteiger partial charge on any atom is -0.494 e. The number of rotatable bonds is 6. The van der Waals surface area contributed by atoms with E-state index in [1.165, 1.54) is 0 Å².